The standard InChI is InChI=1S/C27H26N2O4/c1-18-7-5-6-10-21(18)27(31)29-15-22(20-8-3-2-4-9-20)23(16-29)26(30)28-14-19-11-12-24-25(13-19)33-17-32-24/h2-13,22-23H,14-17H2,1H3,(H,28,30). The summed E-state index contributed by atoms with van der Waals surface area (Å²) >= 11 is 0. The molecule has 2 heterocycles. The van der Waals surface area contributed by atoms with Crippen LogP contribution in [0.3, 0.4) is 0 Å². The van der Waals surface area contributed by atoms with Crippen LogP contribution in [0.4, 0.5) is 0 Å². The average molecular weight is 443 g/mol. The number of carbonyl (C=O) groups is 2. The van der Waals surface area contributed by atoms with Gasteiger partial charge >= 0.3 is 0 Å². The zero-order valence-electron chi connectivity index (χ0n) is 18.5. The van der Waals surface area contributed by atoms with Crippen LogP contribution in [0.5, 0.6) is 11.5 Å². The fraction of sp³-hybridized carbons (Fsp3) is 0.259. The van der Waals surface area contributed by atoms with Gasteiger partial charge in [-0.25, -0.2) is 0 Å². The van der Waals surface area contributed by atoms with Crippen LogP contribution < -0.4 is 14.8 Å². The number of likely N-dealkylation sites (tertiary alicyclic amines) is 1. The minimum atomic E-state index is -0.325. The zero-order valence-corrected chi connectivity index (χ0v) is 18.5. The summed E-state index contributed by atoms with van der Waals surface area (Å²) in [5.74, 6) is 0.946. The summed E-state index contributed by atoms with van der Waals surface area (Å²) in [7, 11) is 0. The van der Waals surface area contributed by atoms with Crippen molar-refractivity contribution in [2.24, 2.45) is 5.92 Å². The van der Waals surface area contributed by atoms with Crippen molar-refractivity contribution in [2.45, 2.75) is 19.4 Å². The highest BCUT2D eigenvalue weighted by atomic mass is 16.7. The summed E-state index contributed by atoms with van der Waals surface area (Å²) in [6.07, 6.45) is 0. The van der Waals surface area contributed by atoms with E-state index in [4.69, 9.17) is 9.47 Å². The lowest BCUT2D eigenvalue weighted by Crippen LogP contribution is -2.35. The normalized spacial score (nSPS) is 18.9. The maximum Gasteiger partial charge on any atom is 0.254 e. The van der Waals surface area contributed by atoms with Crippen LogP contribution in [-0.2, 0) is 11.3 Å². The Balaban J connectivity index is 1.34. The van der Waals surface area contributed by atoms with E-state index < -0.39 is 0 Å². The molecule has 6 heteroatoms. The van der Waals surface area contributed by atoms with E-state index in [2.05, 4.69) is 5.32 Å². The van der Waals surface area contributed by atoms with Gasteiger partial charge in [0.15, 0.2) is 11.5 Å². The first kappa shape index (κ1) is 21.1. The number of rotatable bonds is 5. The predicted octanol–water partition coefficient (Wildman–Crippen LogP) is 3.90. The molecule has 3 aromatic carbocycles. The number of hydrogen-bond donors (Lipinski definition) is 1. The van der Waals surface area contributed by atoms with Crippen molar-refractivity contribution in [3.8, 4) is 11.5 Å². The number of nitrogens with zero attached hydrogens (tertiary/aromatic N) is 1. The zero-order chi connectivity index (χ0) is 22.8. The first-order valence-corrected chi connectivity index (χ1v) is 11.2. The highest BCUT2D eigenvalue weighted by Gasteiger charge is 2.40. The van der Waals surface area contributed by atoms with Gasteiger partial charge in [0.2, 0.25) is 12.7 Å². The van der Waals surface area contributed by atoms with Crippen LogP contribution in [-0.4, -0.2) is 36.6 Å². The Morgan fingerprint density at radius 1 is 0.939 bits per heavy atom. The second kappa shape index (κ2) is 8.98. The van der Waals surface area contributed by atoms with Gasteiger partial charge < -0.3 is 19.7 Å². The molecule has 0 aliphatic carbocycles. The number of nitrogens with one attached hydrogen (secondary N) is 1. The van der Waals surface area contributed by atoms with E-state index >= 15 is 0 Å². The molecule has 1 N–H and O–H groups in total. The highest BCUT2D eigenvalue weighted by molar-refractivity contribution is 5.96. The molecule has 0 bridgehead atoms. The van der Waals surface area contributed by atoms with Gasteiger partial charge in [0.25, 0.3) is 5.91 Å². The van der Waals surface area contributed by atoms with Crippen molar-refractivity contribution < 1.29 is 19.1 Å². The predicted molar refractivity (Wildman–Crippen MR) is 124 cm³/mol. The number of hydrogen-bond acceptors (Lipinski definition) is 4. The molecule has 3 aromatic rings. The smallest absolute Gasteiger partial charge is 0.254 e. The molecule has 0 spiro atoms. The number of aryl methyl sites for hydroxylation is 1. The lowest BCUT2D eigenvalue weighted by atomic mass is 9.88. The lowest BCUT2D eigenvalue weighted by Gasteiger charge is -2.18. The quantitative estimate of drug-likeness (QED) is 0.651. The number of amides is 2. The molecule has 1 fully saturated rings. The van der Waals surface area contributed by atoms with Crippen molar-refractivity contribution >= 4 is 11.8 Å². The molecule has 0 radical (unpaired) electrons. The third-order valence-corrected chi connectivity index (χ3v) is 6.45. The largest absolute Gasteiger partial charge is 0.454 e. The second-order valence-electron chi connectivity index (χ2n) is 8.55. The fourth-order valence-corrected chi connectivity index (χ4v) is 4.63. The Morgan fingerprint density at radius 2 is 1.70 bits per heavy atom. The summed E-state index contributed by atoms with van der Waals surface area (Å²) in [5.41, 5.74) is 3.63. The van der Waals surface area contributed by atoms with Gasteiger partial charge in [-0.15, -0.1) is 0 Å². The van der Waals surface area contributed by atoms with Crippen molar-refractivity contribution in [2.75, 3.05) is 19.9 Å². The average Bonchev–Trinajstić information content (AvgIpc) is 3.50. The van der Waals surface area contributed by atoms with Crippen molar-refractivity contribution in [3.05, 3.63) is 95.1 Å². The molecule has 168 valence electrons. The number of fused-ring (bicyclic) bond motifs is 1. The Hall–Kier alpha value is -3.80. The maximum absolute atomic E-state index is 13.3. The minimum absolute atomic E-state index is 0.0277. The lowest BCUT2D eigenvalue weighted by molar-refractivity contribution is -0.125. The summed E-state index contributed by atoms with van der Waals surface area (Å²) in [4.78, 5) is 28.4. The van der Waals surface area contributed by atoms with Gasteiger partial charge in [-0.3, -0.25) is 9.59 Å². The number of ether oxygens (including phenoxy) is 2. The monoisotopic (exact) mass is 442 g/mol. The van der Waals surface area contributed by atoms with E-state index in [-0.39, 0.29) is 30.4 Å². The SMILES string of the molecule is Cc1ccccc1C(=O)N1CC(C(=O)NCc2ccc3c(c2)OCO3)C(c2ccccc2)C1. The van der Waals surface area contributed by atoms with Gasteiger partial charge in [0, 0.05) is 31.1 Å². The van der Waals surface area contributed by atoms with Gasteiger partial charge in [0.05, 0.1) is 5.92 Å². The van der Waals surface area contributed by atoms with E-state index in [0.29, 0.717) is 30.9 Å². The van der Waals surface area contributed by atoms with Crippen LogP contribution in [0.25, 0.3) is 0 Å². The molecule has 0 aromatic heterocycles. The number of benzene rings is 3. The van der Waals surface area contributed by atoms with E-state index in [1.807, 2.05) is 84.6 Å². The first-order valence-electron chi connectivity index (χ1n) is 11.2. The highest BCUT2D eigenvalue weighted by Crippen LogP contribution is 2.35. The minimum Gasteiger partial charge on any atom is -0.454 e. The number of carbonyl (C=O) groups excluding carboxylic acids is 2. The third-order valence-electron chi connectivity index (χ3n) is 6.45. The van der Waals surface area contributed by atoms with E-state index in [1.165, 1.54) is 0 Å². The van der Waals surface area contributed by atoms with Crippen LogP contribution in [0, 0.1) is 12.8 Å². The van der Waals surface area contributed by atoms with E-state index in [9.17, 15) is 9.59 Å². The maximum atomic E-state index is 13.3. The molecule has 1 saturated heterocycles. The summed E-state index contributed by atoms with van der Waals surface area (Å²) in [6.45, 7) is 3.45. The first-order chi connectivity index (χ1) is 16.1. The van der Waals surface area contributed by atoms with E-state index in [1.54, 1.807) is 0 Å². The molecular weight excluding hydrogens is 416 g/mol. The third kappa shape index (κ3) is 4.29. The second-order valence-corrected chi connectivity index (χ2v) is 8.55. The summed E-state index contributed by atoms with van der Waals surface area (Å²) in [6, 6.07) is 23.2. The Bertz CT molecular complexity index is 1180. The fourth-order valence-electron chi connectivity index (χ4n) is 4.63. The molecule has 2 atom stereocenters. The molecule has 33 heavy (non-hydrogen) atoms. The molecule has 2 unspecified atom stereocenters. The van der Waals surface area contributed by atoms with Gasteiger partial charge in [-0.2, -0.15) is 0 Å². The van der Waals surface area contributed by atoms with Crippen LogP contribution in [0.2, 0.25) is 0 Å². The molecule has 2 aliphatic rings. The van der Waals surface area contributed by atoms with Gasteiger partial charge in [-0.05, 0) is 41.8 Å². The van der Waals surface area contributed by atoms with E-state index in [0.717, 1.165) is 22.4 Å². The Morgan fingerprint density at radius 3 is 2.52 bits per heavy atom. The molecule has 0 saturated carbocycles. The van der Waals surface area contributed by atoms with Crippen LogP contribution in [0.1, 0.15) is 33.0 Å². The topological polar surface area (TPSA) is 67.9 Å². The van der Waals surface area contributed by atoms with Crippen LogP contribution >= 0.6 is 0 Å². The molecule has 2 aliphatic heterocycles. The molecular formula is C27H26N2O4. The van der Waals surface area contributed by atoms with Crippen LogP contribution in [0.15, 0.2) is 72.8 Å². The summed E-state index contributed by atoms with van der Waals surface area (Å²) < 4.78 is 10.8. The van der Waals surface area contributed by atoms with Crippen molar-refractivity contribution in [1.29, 1.82) is 0 Å². The van der Waals surface area contributed by atoms with Crippen molar-refractivity contribution in [1.82, 2.24) is 10.2 Å². The molecule has 2 amide bonds. The van der Waals surface area contributed by atoms with Gasteiger partial charge in [-0.1, -0.05) is 54.6 Å². The molecule has 5 rings (SSSR count). The summed E-state index contributed by atoms with van der Waals surface area (Å²) in [5, 5.41) is 3.07. The Kier molecular flexibility index (Phi) is 5.73. The van der Waals surface area contributed by atoms with Gasteiger partial charge in [0.1, 0.15) is 0 Å². The molecule has 6 nitrogen and oxygen atoms in total. The van der Waals surface area contributed by atoms with Crippen molar-refractivity contribution in [3.63, 3.8) is 0 Å². The Labute approximate surface area is 193 Å².